The third kappa shape index (κ3) is 4.12. The minimum atomic E-state index is -1.23. The predicted molar refractivity (Wildman–Crippen MR) is 144 cm³/mol. The maximum atomic E-state index is 12.4. The lowest BCUT2D eigenvalue weighted by Crippen LogP contribution is -2.55. The van der Waals surface area contributed by atoms with Crippen molar-refractivity contribution in [2.24, 2.45) is 39.4 Å². The molecule has 0 saturated heterocycles. The lowest BCUT2D eigenvalue weighted by Gasteiger charge is -2.62. The van der Waals surface area contributed by atoms with E-state index in [2.05, 4.69) is 41.5 Å². The number of ketones is 1. The molecule has 4 nitrogen and oxygen atoms in total. The number of ether oxygens (including phenoxy) is 1. The molecule has 0 radical (unpaired) electrons. The Hall–Kier alpha value is -1.16. The summed E-state index contributed by atoms with van der Waals surface area (Å²) in [6.45, 7) is 19.4. The highest BCUT2D eigenvalue weighted by molar-refractivity contribution is 5.86. The number of allylic oxidation sites excluding steroid dienone is 2. The molecule has 1 N–H and O–H groups in total. The average Bonchev–Trinajstić information content (AvgIpc) is 3.04. The predicted octanol–water partition coefficient (Wildman–Crippen LogP) is 7.42. The van der Waals surface area contributed by atoms with Crippen molar-refractivity contribution in [3.05, 3.63) is 11.1 Å². The van der Waals surface area contributed by atoms with E-state index in [-0.39, 0.29) is 39.5 Å². The Kier molecular flexibility index (Phi) is 6.93. The standard InChI is InChI=1S/C32H52O4/c1-20(10-13-26(34)29(5,6)35)22-14-18-32(9)24-11-12-25-28(3,4)27(36-21(2)33)16-17-30(25,7)23(24)15-19-31(22,32)8/h20,22,25,27,35H,10-19H2,1-9H3/t20-,22-,25?,27?,30-,31?,32+/m1/s1. The maximum absolute atomic E-state index is 12.4. The topological polar surface area (TPSA) is 63.6 Å². The van der Waals surface area contributed by atoms with E-state index in [0.29, 0.717) is 24.2 Å². The van der Waals surface area contributed by atoms with Gasteiger partial charge in [-0.05, 0) is 106 Å². The summed E-state index contributed by atoms with van der Waals surface area (Å²) in [5, 5.41) is 10.1. The van der Waals surface area contributed by atoms with Crippen LogP contribution in [0.3, 0.4) is 0 Å². The van der Waals surface area contributed by atoms with E-state index in [4.69, 9.17) is 4.74 Å². The largest absolute Gasteiger partial charge is 0.462 e. The fourth-order valence-electron chi connectivity index (χ4n) is 9.89. The molecular weight excluding hydrogens is 448 g/mol. The first kappa shape index (κ1) is 27.9. The summed E-state index contributed by atoms with van der Waals surface area (Å²) in [6, 6.07) is 0. The second-order valence-electron chi connectivity index (χ2n) is 14.8. The Balaban J connectivity index is 1.60. The van der Waals surface area contributed by atoms with Crippen LogP contribution in [0.1, 0.15) is 127 Å². The quantitative estimate of drug-likeness (QED) is 0.304. The molecule has 0 aromatic rings. The molecule has 0 aliphatic heterocycles. The van der Waals surface area contributed by atoms with Crippen molar-refractivity contribution in [3.63, 3.8) is 0 Å². The lowest BCUT2D eigenvalue weighted by molar-refractivity contribution is -0.167. The Morgan fingerprint density at radius 1 is 1.00 bits per heavy atom. The van der Waals surface area contributed by atoms with Crippen molar-refractivity contribution < 1.29 is 19.4 Å². The monoisotopic (exact) mass is 500 g/mol. The van der Waals surface area contributed by atoms with Crippen LogP contribution in [0.4, 0.5) is 0 Å². The highest BCUT2D eigenvalue weighted by Crippen LogP contribution is 2.72. The summed E-state index contributed by atoms with van der Waals surface area (Å²) in [4.78, 5) is 24.2. The van der Waals surface area contributed by atoms with Gasteiger partial charge in [0.25, 0.3) is 0 Å². The molecule has 4 aliphatic rings. The van der Waals surface area contributed by atoms with Gasteiger partial charge in [0.15, 0.2) is 5.78 Å². The average molecular weight is 501 g/mol. The van der Waals surface area contributed by atoms with Gasteiger partial charge in [-0.2, -0.15) is 0 Å². The Labute approximate surface area is 220 Å². The molecule has 7 atom stereocenters. The number of fused-ring (bicyclic) bond motifs is 4. The number of rotatable bonds is 6. The number of hydrogen-bond acceptors (Lipinski definition) is 4. The van der Waals surface area contributed by atoms with E-state index >= 15 is 0 Å². The van der Waals surface area contributed by atoms with Gasteiger partial charge < -0.3 is 9.84 Å². The van der Waals surface area contributed by atoms with Gasteiger partial charge in [-0.3, -0.25) is 9.59 Å². The zero-order valence-electron chi connectivity index (χ0n) is 24.6. The summed E-state index contributed by atoms with van der Waals surface area (Å²) >= 11 is 0. The third-order valence-corrected chi connectivity index (χ3v) is 12.3. The van der Waals surface area contributed by atoms with Crippen LogP contribution in [-0.4, -0.2) is 28.6 Å². The molecule has 204 valence electrons. The molecule has 0 amide bonds. The van der Waals surface area contributed by atoms with Gasteiger partial charge in [0, 0.05) is 18.8 Å². The fourth-order valence-corrected chi connectivity index (χ4v) is 9.89. The van der Waals surface area contributed by atoms with Crippen LogP contribution in [-0.2, 0) is 14.3 Å². The van der Waals surface area contributed by atoms with E-state index in [0.717, 1.165) is 19.3 Å². The normalized spacial score (nSPS) is 40.7. The van der Waals surface area contributed by atoms with E-state index in [1.807, 2.05) is 0 Å². The van der Waals surface area contributed by atoms with Crippen molar-refractivity contribution in [1.82, 2.24) is 0 Å². The minimum absolute atomic E-state index is 0.0153. The summed E-state index contributed by atoms with van der Waals surface area (Å²) in [5.41, 5.74) is 2.95. The molecular formula is C32H52O4. The first-order chi connectivity index (χ1) is 16.5. The van der Waals surface area contributed by atoms with Crippen LogP contribution in [0.25, 0.3) is 0 Å². The van der Waals surface area contributed by atoms with Crippen LogP contribution in [0.5, 0.6) is 0 Å². The molecule has 0 spiro atoms. The lowest BCUT2D eigenvalue weighted by atomic mass is 9.43. The number of esters is 1. The number of Topliss-reactive ketones (excluding diaryl/α,β-unsaturated/α-hetero) is 1. The fraction of sp³-hybridized carbons (Fsp3) is 0.875. The summed E-state index contributed by atoms with van der Waals surface area (Å²) in [5.74, 6) is 1.46. The van der Waals surface area contributed by atoms with Crippen molar-refractivity contribution in [1.29, 1.82) is 0 Å². The zero-order valence-corrected chi connectivity index (χ0v) is 24.6. The van der Waals surface area contributed by atoms with Crippen LogP contribution < -0.4 is 0 Å². The molecule has 4 heteroatoms. The SMILES string of the molecule is CC(=O)OC1CC[C@]2(C)C3=C(CCC2C1(C)C)[C@]1(C)CC[C@H]([C@H](C)CCC(=O)C(C)(C)O)C1(C)CC3. The van der Waals surface area contributed by atoms with Crippen molar-refractivity contribution in [2.75, 3.05) is 0 Å². The first-order valence-corrected chi connectivity index (χ1v) is 14.6. The smallest absolute Gasteiger partial charge is 0.302 e. The minimum Gasteiger partial charge on any atom is -0.462 e. The number of hydrogen-bond donors (Lipinski definition) is 1. The number of carbonyl (C=O) groups is 2. The number of aliphatic hydroxyl groups is 1. The van der Waals surface area contributed by atoms with Crippen LogP contribution in [0.15, 0.2) is 11.1 Å². The molecule has 4 aliphatic carbocycles. The molecule has 2 fully saturated rings. The number of carbonyl (C=O) groups excluding carboxylic acids is 2. The molecule has 3 unspecified atom stereocenters. The second-order valence-corrected chi connectivity index (χ2v) is 14.8. The van der Waals surface area contributed by atoms with Gasteiger partial charge in [0.1, 0.15) is 11.7 Å². The Morgan fingerprint density at radius 3 is 2.28 bits per heavy atom. The van der Waals surface area contributed by atoms with E-state index in [1.54, 1.807) is 31.9 Å². The molecule has 0 aromatic carbocycles. The van der Waals surface area contributed by atoms with E-state index < -0.39 is 5.60 Å². The first-order valence-electron chi connectivity index (χ1n) is 14.6. The molecule has 0 heterocycles. The Morgan fingerprint density at radius 2 is 1.67 bits per heavy atom. The highest BCUT2D eigenvalue weighted by atomic mass is 16.5. The van der Waals surface area contributed by atoms with Crippen molar-refractivity contribution >= 4 is 11.8 Å². The van der Waals surface area contributed by atoms with Gasteiger partial charge in [-0.15, -0.1) is 0 Å². The third-order valence-electron chi connectivity index (χ3n) is 12.3. The van der Waals surface area contributed by atoms with Gasteiger partial charge >= 0.3 is 5.97 Å². The van der Waals surface area contributed by atoms with Crippen LogP contribution in [0, 0.1) is 39.4 Å². The molecule has 4 rings (SSSR count). The Bertz CT molecular complexity index is 938. The zero-order chi connectivity index (χ0) is 26.9. The van der Waals surface area contributed by atoms with Gasteiger partial charge in [0.2, 0.25) is 0 Å². The van der Waals surface area contributed by atoms with Crippen LogP contribution in [0.2, 0.25) is 0 Å². The highest BCUT2D eigenvalue weighted by Gasteiger charge is 2.63. The summed E-state index contributed by atoms with van der Waals surface area (Å²) in [6.07, 6.45) is 10.7. The van der Waals surface area contributed by atoms with Gasteiger partial charge in [0.05, 0.1) is 0 Å². The molecule has 2 saturated carbocycles. The molecule has 36 heavy (non-hydrogen) atoms. The van der Waals surface area contributed by atoms with Crippen LogP contribution >= 0.6 is 0 Å². The van der Waals surface area contributed by atoms with Gasteiger partial charge in [-0.25, -0.2) is 0 Å². The van der Waals surface area contributed by atoms with E-state index in [1.165, 1.54) is 38.5 Å². The molecule has 0 bridgehead atoms. The summed E-state index contributed by atoms with van der Waals surface area (Å²) < 4.78 is 5.85. The maximum Gasteiger partial charge on any atom is 0.302 e. The van der Waals surface area contributed by atoms with Crippen molar-refractivity contribution in [2.45, 2.75) is 138 Å². The van der Waals surface area contributed by atoms with Crippen molar-refractivity contribution in [3.8, 4) is 0 Å². The second kappa shape index (κ2) is 8.95. The molecule has 0 aromatic heterocycles. The summed E-state index contributed by atoms with van der Waals surface area (Å²) in [7, 11) is 0. The van der Waals surface area contributed by atoms with Gasteiger partial charge in [-0.1, -0.05) is 52.7 Å². The van der Waals surface area contributed by atoms with E-state index in [9.17, 15) is 14.7 Å².